The average molecular weight is 416 g/mol. The number of carbonyl (C=O) groups excluding carboxylic acids is 1. The molecular formula is C27H29NO3. The molecular weight excluding hydrogens is 386 g/mol. The van der Waals surface area contributed by atoms with Crippen LogP contribution in [-0.2, 0) is 22.4 Å². The molecule has 0 saturated carbocycles. The minimum Gasteiger partial charge on any atom is -0.481 e. The molecule has 0 spiro atoms. The van der Waals surface area contributed by atoms with Crippen molar-refractivity contribution in [1.82, 2.24) is 0 Å². The normalized spacial score (nSPS) is 11.6. The number of nitrogens with one attached hydrogen (secondary N) is 1. The van der Waals surface area contributed by atoms with Gasteiger partial charge in [-0.3, -0.25) is 9.59 Å². The zero-order valence-electron chi connectivity index (χ0n) is 17.9. The maximum atomic E-state index is 11.7. The quantitative estimate of drug-likeness (QED) is 0.429. The van der Waals surface area contributed by atoms with E-state index in [1.165, 1.54) is 12.5 Å². The van der Waals surface area contributed by atoms with Gasteiger partial charge in [-0.2, -0.15) is 0 Å². The molecule has 3 rings (SSSR count). The van der Waals surface area contributed by atoms with E-state index in [1.54, 1.807) is 0 Å². The fourth-order valence-corrected chi connectivity index (χ4v) is 3.77. The molecule has 1 atom stereocenters. The second-order valence-corrected chi connectivity index (χ2v) is 7.91. The molecule has 0 radical (unpaired) electrons. The maximum Gasteiger partial charge on any atom is 0.306 e. The van der Waals surface area contributed by atoms with Gasteiger partial charge in [0.05, 0.1) is 5.92 Å². The van der Waals surface area contributed by atoms with Gasteiger partial charge in [0.25, 0.3) is 0 Å². The van der Waals surface area contributed by atoms with Gasteiger partial charge >= 0.3 is 5.97 Å². The molecule has 4 heteroatoms. The van der Waals surface area contributed by atoms with Gasteiger partial charge in [0.15, 0.2) is 0 Å². The van der Waals surface area contributed by atoms with E-state index in [-0.39, 0.29) is 11.8 Å². The smallest absolute Gasteiger partial charge is 0.306 e. The standard InChI is InChI=1S/C27H29NO3/c1-20(29)28-26-12-6-11-25(19-26)23-16-13-22(14-17-23)15-18-24(27(30)31)10-5-9-21-7-3-2-4-8-21/h2-4,6-8,11-14,16-17,19,24H,5,9-10,15,18H2,1H3,(H,28,29)(H,30,31). The highest BCUT2D eigenvalue weighted by molar-refractivity contribution is 5.89. The highest BCUT2D eigenvalue weighted by Gasteiger charge is 2.17. The molecule has 0 saturated heterocycles. The van der Waals surface area contributed by atoms with Gasteiger partial charge in [0.1, 0.15) is 0 Å². The molecule has 1 amide bonds. The number of hydrogen-bond acceptors (Lipinski definition) is 2. The van der Waals surface area contributed by atoms with Crippen LogP contribution in [0.3, 0.4) is 0 Å². The molecule has 0 aliphatic heterocycles. The Bertz CT molecular complexity index is 997. The molecule has 0 aromatic heterocycles. The first kappa shape index (κ1) is 22.3. The Labute approximate surface area is 183 Å². The maximum absolute atomic E-state index is 11.7. The molecule has 3 aromatic carbocycles. The Balaban J connectivity index is 1.54. The van der Waals surface area contributed by atoms with Crippen LogP contribution in [0.25, 0.3) is 11.1 Å². The van der Waals surface area contributed by atoms with E-state index in [4.69, 9.17) is 0 Å². The van der Waals surface area contributed by atoms with Crippen LogP contribution in [0.4, 0.5) is 5.69 Å². The number of rotatable bonds is 10. The summed E-state index contributed by atoms with van der Waals surface area (Å²) in [6.45, 7) is 1.49. The highest BCUT2D eigenvalue weighted by atomic mass is 16.4. The molecule has 0 fully saturated rings. The fraction of sp³-hybridized carbons (Fsp3) is 0.259. The first-order chi connectivity index (χ1) is 15.0. The lowest BCUT2D eigenvalue weighted by Gasteiger charge is -2.13. The molecule has 0 heterocycles. The van der Waals surface area contributed by atoms with E-state index >= 15 is 0 Å². The van der Waals surface area contributed by atoms with Crippen LogP contribution in [0.1, 0.15) is 37.3 Å². The summed E-state index contributed by atoms with van der Waals surface area (Å²) in [5.74, 6) is -1.12. The van der Waals surface area contributed by atoms with E-state index in [0.29, 0.717) is 12.8 Å². The lowest BCUT2D eigenvalue weighted by molar-refractivity contribution is -0.142. The van der Waals surface area contributed by atoms with Gasteiger partial charge < -0.3 is 10.4 Å². The zero-order chi connectivity index (χ0) is 22.1. The molecule has 2 N–H and O–H groups in total. The lowest BCUT2D eigenvalue weighted by Crippen LogP contribution is -2.15. The van der Waals surface area contributed by atoms with Crippen LogP contribution < -0.4 is 5.32 Å². The summed E-state index contributed by atoms with van der Waals surface area (Å²) in [7, 11) is 0. The highest BCUT2D eigenvalue weighted by Crippen LogP contribution is 2.24. The molecule has 160 valence electrons. The molecule has 4 nitrogen and oxygen atoms in total. The number of carbonyl (C=O) groups is 2. The summed E-state index contributed by atoms with van der Waals surface area (Å²) in [6, 6.07) is 26.2. The Hall–Kier alpha value is -3.40. The van der Waals surface area contributed by atoms with Gasteiger partial charge in [-0.25, -0.2) is 0 Å². The van der Waals surface area contributed by atoms with Crippen molar-refractivity contribution in [3.8, 4) is 11.1 Å². The number of aryl methyl sites for hydroxylation is 2. The number of aliphatic carboxylic acids is 1. The van der Waals surface area contributed by atoms with Crippen molar-refractivity contribution in [3.63, 3.8) is 0 Å². The van der Waals surface area contributed by atoms with E-state index in [0.717, 1.165) is 41.6 Å². The molecule has 3 aromatic rings. The molecule has 0 aliphatic carbocycles. The number of hydrogen-bond donors (Lipinski definition) is 2. The first-order valence-electron chi connectivity index (χ1n) is 10.7. The van der Waals surface area contributed by atoms with Crippen molar-refractivity contribution in [2.45, 2.75) is 39.0 Å². The second-order valence-electron chi connectivity index (χ2n) is 7.91. The minimum atomic E-state index is -0.709. The SMILES string of the molecule is CC(=O)Nc1cccc(-c2ccc(CCC(CCCc3ccccc3)C(=O)O)cc2)c1. The van der Waals surface area contributed by atoms with Gasteiger partial charge in [-0.1, -0.05) is 66.7 Å². The van der Waals surface area contributed by atoms with Gasteiger partial charge in [0, 0.05) is 12.6 Å². The molecule has 0 aliphatic rings. The first-order valence-corrected chi connectivity index (χ1v) is 10.7. The third-order valence-corrected chi connectivity index (χ3v) is 5.46. The predicted molar refractivity (Wildman–Crippen MR) is 125 cm³/mol. The largest absolute Gasteiger partial charge is 0.481 e. The van der Waals surface area contributed by atoms with Crippen molar-refractivity contribution in [3.05, 3.63) is 90.0 Å². The van der Waals surface area contributed by atoms with E-state index in [1.807, 2.05) is 54.6 Å². The summed E-state index contributed by atoms with van der Waals surface area (Å²) < 4.78 is 0. The van der Waals surface area contributed by atoms with Crippen LogP contribution in [0, 0.1) is 5.92 Å². The number of amides is 1. The van der Waals surface area contributed by atoms with Crippen molar-refractivity contribution < 1.29 is 14.7 Å². The fourth-order valence-electron chi connectivity index (χ4n) is 3.77. The van der Waals surface area contributed by atoms with Crippen molar-refractivity contribution >= 4 is 17.6 Å². The Morgan fingerprint density at radius 2 is 1.52 bits per heavy atom. The second kappa shape index (κ2) is 11.1. The summed E-state index contributed by atoms with van der Waals surface area (Å²) in [5.41, 5.74) is 5.26. The summed E-state index contributed by atoms with van der Waals surface area (Å²) in [5, 5.41) is 12.4. The van der Waals surface area contributed by atoms with Crippen molar-refractivity contribution in [2.75, 3.05) is 5.32 Å². The van der Waals surface area contributed by atoms with Crippen LogP contribution in [-0.4, -0.2) is 17.0 Å². The molecule has 0 bridgehead atoms. The minimum absolute atomic E-state index is 0.0933. The van der Waals surface area contributed by atoms with E-state index < -0.39 is 5.97 Å². The third kappa shape index (κ3) is 7.10. The summed E-state index contributed by atoms with van der Waals surface area (Å²) in [4.78, 5) is 22.9. The van der Waals surface area contributed by atoms with Crippen LogP contribution in [0.5, 0.6) is 0 Å². The van der Waals surface area contributed by atoms with E-state index in [2.05, 4.69) is 29.6 Å². The number of carboxylic acids is 1. The van der Waals surface area contributed by atoms with Gasteiger partial charge in [0.2, 0.25) is 5.91 Å². The zero-order valence-corrected chi connectivity index (χ0v) is 17.9. The van der Waals surface area contributed by atoms with E-state index in [9.17, 15) is 14.7 Å². The van der Waals surface area contributed by atoms with Gasteiger partial charge in [-0.15, -0.1) is 0 Å². The summed E-state index contributed by atoms with van der Waals surface area (Å²) >= 11 is 0. The molecule has 1 unspecified atom stereocenters. The Morgan fingerprint density at radius 1 is 0.806 bits per heavy atom. The number of benzene rings is 3. The van der Waals surface area contributed by atoms with Gasteiger partial charge in [-0.05, 0) is 66.5 Å². The van der Waals surface area contributed by atoms with Crippen LogP contribution in [0.2, 0.25) is 0 Å². The number of carboxylic acid groups (broad SMARTS) is 1. The van der Waals surface area contributed by atoms with Crippen LogP contribution >= 0.6 is 0 Å². The van der Waals surface area contributed by atoms with Crippen LogP contribution in [0.15, 0.2) is 78.9 Å². The third-order valence-electron chi connectivity index (χ3n) is 5.46. The van der Waals surface area contributed by atoms with Crippen molar-refractivity contribution in [2.24, 2.45) is 5.92 Å². The predicted octanol–water partition coefficient (Wildman–Crippen LogP) is 5.97. The topological polar surface area (TPSA) is 66.4 Å². The Kier molecular flexibility index (Phi) is 7.99. The summed E-state index contributed by atoms with van der Waals surface area (Å²) in [6.07, 6.45) is 3.87. The monoisotopic (exact) mass is 415 g/mol. The Morgan fingerprint density at radius 3 is 2.19 bits per heavy atom. The average Bonchev–Trinajstić information content (AvgIpc) is 2.76. The number of anilines is 1. The molecule has 31 heavy (non-hydrogen) atoms. The van der Waals surface area contributed by atoms with Crippen molar-refractivity contribution in [1.29, 1.82) is 0 Å². The lowest BCUT2D eigenvalue weighted by atomic mass is 9.93.